The molecular weight excluding hydrogens is 359 g/mol. The summed E-state index contributed by atoms with van der Waals surface area (Å²) in [5.41, 5.74) is -0.455. The molecule has 1 saturated heterocycles. The van der Waals surface area contributed by atoms with E-state index in [1.807, 2.05) is 20.8 Å². The fraction of sp³-hybridized carbons (Fsp3) is 0.579. The van der Waals surface area contributed by atoms with Crippen molar-refractivity contribution in [1.82, 2.24) is 14.7 Å². The van der Waals surface area contributed by atoms with E-state index in [2.05, 4.69) is 5.10 Å². The van der Waals surface area contributed by atoms with E-state index in [4.69, 9.17) is 4.74 Å². The maximum Gasteiger partial charge on any atom is 0.418 e. The Bertz CT molecular complexity index is 844. The van der Waals surface area contributed by atoms with E-state index in [1.165, 1.54) is 17.8 Å². The van der Waals surface area contributed by atoms with Crippen LogP contribution < -0.4 is 0 Å². The van der Waals surface area contributed by atoms with Crippen molar-refractivity contribution >= 4 is 17.0 Å². The largest absolute Gasteiger partial charge is 0.444 e. The lowest BCUT2D eigenvalue weighted by Gasteiger charge is -2.33. The van der Waals surface area contributed by atoms with Gasteiger partial charge in [0.25, 0.3) is 0 Å². The highest BCUT2D eigenvalue weighted by Gasteiger charge is 2.36. The smallest absolute Gasteiger partial charge is 0.418 e. The molecule has 0 spiro atoms. The van der Waals surface area contributed by atoms with Gasteiger partial charge in [-0.05, 0) is 39.7 Å². The fourth-order valence-electron chi connectivity index (χ4n) is 3.56. The number of halogens is 3. The zero-order chi connectivity index (χ0) is 20.0. The Morgan fingerprint density at radius 2 is 1.81 bits per heavy atom. The minimum atomic E-state index is -4.43. The Kier molecular flexibility index (Phi) is 4.86. The fourth-order valence-corrected chi connectivity index (χ4v) is 3.56. The van der Waals surface area contributed by atoms with E-state index in [0.717, 1.165) is 6.07 Å². The molecule has 5 nitrogen and oxygen atoms in total. The third-order valence-corrected chi connectivity index (χ3v) is 4.73. The number of alkyl halides is 3. The van der Waals surface area contributed by atoms with E-state index < -0.39 is 17.3 Å². The molecule has 0 radical (unpaired) electrons. The molecule has 1 aromatic carbocycles. The second-order valence-electron chi connectivity index (χ2n) is 7.95. The molecule has 27 heavy (non-hydrogen) atoms. The highest BCUT2D eigenvalue weighted by molar-refractivity contribution is 5.86. The van der Waals surface area contributed by atoms with Crippen molar-refractivity contribution in [2.45, 2.75) is 51.3 Å². The summed E-state index contributed by atoms with van der Waals surface area (Å²) in [5.74, 6) is 0.0101. The van der Waals surface area contributed by atoms with Crippen LogP contribution in [0.4, 0.5) is 18.0 Å². The van der Waals surface area contributed by atoms with Gasteiger partial charge in [-0.2, -0.15) is 18.3 Å². The molecule has 148 valence electrons. The molecule has 0 saturated carbocycles. The summed E-state index contributed by atoms with van der Waals surface area (Å²) in [6.45, 7) is 6.44. The Morgan fingerprint density at radius 1 is 1.19 bits per heavy atom. The highest BCUT2D eigenvalue weighted by Crippen LogP contribution is 2.38. The summed E-state index contributed by atoms with van der Waals surface area (Å²) in [6, 6.07) is 4.19. The third kappa shape index (κ3) is 4.04. The first-order valence-electron chi connectivity index (χ1n) is 8.98. The van der Waals surface area contributed by atoms with Crippen molar-refractivity contribution < 1.29 is 22.7 Å². The Morgan fingerprint density at radius 3 is 2.37 bits per heavy atom. The number of aryl methyl sites for hydroxylation is 1. The van der Waals surface area contributed by atoms with Gasteiger partial charge in [0.15, 0.2) is 0 Å². The number of rotatable bonds is 1. The average Bonchev–Trinajstić information content (AvgIpc) is 2.90. The molecular formula is C19H24F3N3O2. The standard InChI is InChI=1S/C19H24F3N3O2/c1-18(2,3)27-17(26)25-10-8-12(9-11-25)15-13-6-5-7-14(19(20,21)22)16(13)24(4)23-15/h5-7,12H,8-11H2,1-4H3. The van der Waals surface area contributed by atoms with E-state index in [-0.39, 0.29) is 17.5 Å². The SMILES string of the molecule is Cn1nc(C2CCN(C(=O)OC(C)(C)C)CC2)c2cccc(C(F)(F)F)c21. The highest BCUT2D eigenvalue weighted by atomic mass is 19.4. The van der Waals surface area contributed by atoms with Crippen LogP contribution in [0.3, 0.4) is 0 Å². The second-order valence-corrected chi connectivity index (χ2v) is 7.95. The maximum absolute atomic E-state index is 13.3. The van der Waals surface area contributed by atoms with Gasteiger partial charge in [0, 0.05) is 31.4 Å². The van der Waals surface area contributed by atoms with Crippen LogP contribution in [0.25, 0.3) is 10.9 Å². The quantitative estimate of drug-likeness (QED) is 0.717. The van der Waals surface area contributed by atoms with E-state index in [1.54, 1.807) is 11.0 Å². The summed E-state index contributed by atoms with van der Waals surface area (Å²) in [5, 5.41) is 4.93. The van der Waals surface area contributed by atoms with Crippen LogP contribution in [-0.2, 0) is 18.0 Å². The molecule has 2 heterocycles. The number of aromatic nitrogens is 2. The van der Waals surface area contributed by atoms with Crippen molar-refractivity contribution in [3.8, 4) is 0 Å². The van der Waals surface area contributed by atoms with E-state index in [9.17, 15) is 18.0 Å². The van der Waals surface area contributed by atoms with Crippen molar-refractivity contribution in [1.29, 1.82) is 0 Å². The molecule has 0 N–H and O–H groups in total. The van der Waals surface area contributed by atoms with Gasteiger partial charge in [-0.25, -0.2) is 4.79 Å². The van der Waals surface area contributed by atoms with Gasteiger partial charge in [-0.3, -0.25) is 4.68 Å². The van der Waals surface area contributed by atoms with Gasteiger partial charge in [0.05, 0.1) is 16.8 Å². The number of piperidine rings is 1. The number of hydrogen-bond donors (Lipinski definition) is 0. The zero-order valence-corrected chi connectivity index (χ0v) is 15.9. The number of carbonyl (C=O) groups excluding carboxylic acids is 1. The van der Waals surface area contributed by atoms with Crippen LogP contribution in [-0.4, -0.2) is 39.5 Å². The summed E-state index contributed by atoms with van der Waals surface area (Å²) >= 11 is 0. The number of carbonyl (C=O) groups is 1. The number of hydrogen-bond acceptors (Lipinski definition) is 3. The summed E-state index contributed by atoms with van der Waals surface area (Å²) in [7, 11) is 1.54. The number of nitrogens with zero attached hydrogens (tertiary/aromatic N) is 3. The minimum Gasteiger partial charge on any atom is -0.444 e. The molecule has 1 amide bonds. The van der Waals surface area contributed by atoms with Gasteiger partial charge in [0.1, 0.15) is 5.60 Å². The van der Waals surface area contributed by atoms with Gasteiger partial charge in [0.2, 0.25) is 0 Å². The van der Waals surface area contributed by atoms with Gasteiger partial charge < -0.3 is 9.64 Å². The number of likely N-dealkylation sites (tertiary alicyclic amines) is 1. The molecule has 1 aromatic heterocycles. The zero-order valence-electron chi connectivity index (χ0n) is 15.9. The molecule has 0 unspecified atom stereocenters. The topological polar surface area (TPSA) is 47.4 Å². The lowest BCUT2D eigenvalue weighted by molar-refractivity contribution is -0.136. The Hall–Kier alpha value is -2.25. The van der Waals surface area contributed by atoms with Crippen LogP contribution in [0.2, 0.25) is 0 Å². The summed E-state index contributed by atoms with van der Waals surface area (Å²) in [6.07, 6.45) is -3.50. The number of amides is 1. The van der Waals surface area contributed by atoms with Crippen molar-refractivity contribution in [3.63, 3.8) is 0 Å². The van der Waals surface area contributed by atoms with Gasteiger partial charge in [-0.15, -0.1) is 0 Å². The average molecular weight is 383 g/mol. The van der Waals surface area contributed by atoms with Gasteiger partial charge in [-0.1, -0.05) is 12.1 Å². The number of fused-ring (bicyclic) bond motifs is 1. The first-order chi connectivity index (χ1) is 12.5. The predicted molar refractivity (Wildman–Crippen MR) is 95.5 cm³/mol. The molecule has 0 aliphatic carbocycles. The first kappa shape index (κ1) is 19.5. The molecule has 1 fully saturated rings. The number of ether oxygens (including phenoxy) is 1. The number of benzene rings is 1. The molecule has 1 aliphatic rings. The lowest BCUT2D eigenvalue weighted by atomic mass is 9.91. The van der Waals surface area contributed by atoms with Crippen LogP contribution in [0.5, 0.6) is 0 Å². The minimum absolute atomic E-state index is 0.0101. The Balaban J connectivity index is 1.81. The molecule has 0 atom stereocenters. The summed E-state index contributed by atoms with van der Waals surface area (Å²) in [4.78, 5) is 13.8. The number of para-hydroxylation sites is 1. The van der Waals surface area contributed by atoms with E-state index in [0.29, 0.717) is 37.0 Å². The summed E-state index contributed by atoms with van der Waals surface area (Å²) < 4.78 is 46.7. The molecule has 2 aromatic rings. The maximum atomic E-state index is 13.3. The molecule has 3 rings (SSSR count). The molecule has 0 bridgehead atoms. The molecule has 1 aliphatic heterocycles. The normalized spacial score (nSPS) is 16.8. The lowest BCUT2D eigenvalue weighted by Crippen LogP contribution is -2.41. The second kappa shape index (κ2) is 6.73. The van der Waals surface area contributed by atoms with Gasteiger partial charge >= 0.3 is 12.3 Å². The van der Waals surface area contributed by atoms with Crippen LogP contribution >= 0.6 is 0 Å². The third-order valence-electron chi connectivity index (χ3n) is 4.73. The Labute approximate surface area is 156 Å². The predicted octanol–water partition coefficient (Wildman–Crippen LogP) is 4.71. The first-order valence-corrected chi connectivity index (χ1v) is 8.98. The monoisotopic (exact) mass is 383 g/mol. The van der Waals surface area contributed by atoms with Crippen LogP contribution in [0.1, 0.15) is 50.8 Å². The van der Waals surface area contributed by atoms with Crippen molar-refractivity contribution in [2.75, 3.05) is 13.1 Å². The van der Waals surface area contributed by atoms with Crippen molar-refractivity contribution in [2.24, 2.45) is 7.05 Å². The van der Waals surface area contributed by atoms with E-state index >= 15 is 0 Å². The van der Waals surface area contributed by atoms with Crippen molar-refractivity contribution in [3.05, 3.63) is 29.5 Å². The van der Waals surface area contributed by atoms with Crippen LogP contribution in [0.15, 0.2) is 18.2 Å². The molecule has 8 heteroatoms. The van der Waals surface area contributed by atoms with Crippen LogP contribution in [0, 0.1) is 0 Å².